The highest BCUT2D eigenvalue weighted by atomic mass is 127. The molecule has 0 bridgehead atoms. The number of nitrogens with two attached hydrogens (primary N) is 1. The molecule has 1 aromatic heterocycles. The van der Waals surface area contributed by atoms with Crippen molar-refractivity contribution in [3.8, 4) is 11.5 Å². The van der Waals surface area contributed by atoms with Gasteiger partial charge in [-0.05, 0) is 108 Å². The molecule has 0 fully saturated rings. The van der Waals surface area contributed by atoms with Crippen molar-refractivity contribution >= 4 is 63.3 Å². The third kappa shape index (κ3) is 12.6. The van der Waals surface area contributed by atoms with Gasteiger partial charge >= 0.3 is 0 Å². The van der Waals surface area contributed by atoms with Gasteiger partial charge in [0, 0.05) is 19.8 Å². The average Bonchev–Trinajstić information content (AvgIpc) is 3.48. The van der Waals surface area contributed by atoms with E-state index in [0.29, 0.717) is 51.3 Å². The minimum atomic E-state index is 0.365. The number of nitrogens with zero attached hydrogens (tertiary/aromatic N) is 3. The third-order valence-corrected chi connectivity index (χ3v) is 7.05. The summed E-state index contributed by atoms with van der Waals surface area (Å²) in [5, 5.41) is 15.0. The first-order chi connectivity index (χ1) is 21.1. The normalized spacial score (nSPS) is 10.8. The predicted octanol–water partition coefficient (Wildman–Crippen LogP) is 5.21. The van der Waals surface area contributed by atoms with Gasteiger partial charge in [0.05, 0.1) is 51.2 Å². The van der Waals surface area contributed by atoms with E-state index in [2.05, 4.69) is 52.9 Å². The lowest BCUT2D eigenvalue weighted by atomic mass is 10.3. The highest BCUT2D eigenvalue weighted by Gasteiger charge is 2.04. The molecule has 3 aromatic carbocycles. The van der Waals surface area contributed by atoms with Crippen molar-refractivity contribution in [2.75, 3.05) is 43.7 Å². The van der Waals surface area contributed by atoms with Gasteiger partial charge in [0.2, 0.25) is 0 Å². The Bertz CT molecular complexity index is 1380. The predicted molar refractivity (Wildman–Crippen MR) is 176 cm³/mol. The number of benzene rings is 3. The molecule has 4 N–H and O–H groups in total. The summed E-state index contributed by atoms with van der Waals surface area (Å²) in [6, 6.07) is 22.8. The van der Waals surface area contributed by atoms with E-state index in [9.17, 15) is 0 Å². The molecule has 0 saturated carbocycles. The molecular weight excluding hydrogens is 707 g/mol. The monoisotopic (exact) mass is 738 g/mol. The second-order valence-corrected chi connectivity index (χ2v) is 11.1. The molecule has 1 heterocycles. The van der Waals surface area contributed by atoms with E-state index in [-0.39, 0.29) is 0 Å². The number of rotatable bonds is 18. The first-order valence-corrected chi connectivity index (χ1v) is 15.3. The van der Waals surface area contributed by atoms with Crippen molar-refractivity contribution in [3.05, 3.63) is 88.3 Å². The maximum atomic E-state index is 5.74. The lowest BCUT2D eigenvalue weighted by Crippen LogP contribution is -2.18. The Balaban J connectivity index is 1.01. The molecule has 0 saturated heterocycles. The summed E-state index contributed by atoms with van der Waals surface area (Å²) in [7, 11) is 0. The van der Waals surface area contributed by atoms with Gasteiger partial charge in [-0.15, -0.1) is 14.4 Å². The molecule has 0 spiro atoms. The maximum absolute atomic E-state index is 5.74. The molecule has 0 aliphatic carbocycles. The van der Waals surface area contributed by atoms with E-state index in [0.717, 1.165) is 49.1 Å². The highest BCUT2D eigenvalue weighted by Crippen LogP contribution is 2.21. The van der Waals surface area contributed by atoms with Crippen molar-refractivity contribution in [3.63, 3.8) is 0 Å². The average molecular weight is 739 g/mol. The van der Waals surface area contributed by atoms with Crippen LogP contribution in [0.15, 0.2) is 83.9 Å². The summed E-state index contributed by atoms with van der Waals surface area (Å²) in [6.07, 6.45) is 1.86. The van der Waals surface area contributed by atoms with Crippen molar-refractivity contribution in [2.24, 2.45) is 5.90 Å². The zero-order valence-electron chi connectivity index (χ0n) is 23.0. The van der Waals surface area contributed by atoms with Gasteiger partial charge < -0.3 is 29.6 Å². The topological polar surface area (TPSA) is 136 Å². The van der Waals surface area contributed by atoms with Gasteiger partial charge in [-0.3, -0.25) is 0 Å². The molecule has 0 radical (unpaired) electrons. The van der Waals surface area contributed by atoms with Crippen LogP contribution in [0.25, 0.3) is 0 Å². The van der Waals surface area contributed by atoms with E-state index in [1.54, 1.807) is 4.68 Å². The van der Waals surface area contributed by atoms with Gasteiger partial charge in [-0.2, -0.15) is 5.90 Å². The number of aromatic nitrogens is 3. The van der Waals surface area contributed by atoms with Crippen LogP contribution in [0.2, 0.25) is 0 Å². The van der Waals surface area contributed by atoms with Crippen LogP contribution in [-0.2, 0) is 31.9 Å². The fourth-order valence-corrected chi connectivity index (χ4v) is 4.44. The zero-order chi connectivity index (χ0) is 30.1. The summed E-state index contributed by atoms with van der Waals surface area (Å²) in [5.41, 5.74) is 2.42. The summed E-state index contributed by atoms with van der Waals surface area (Å²) in [6.45, 7) is 3.30. The molecule has 0 atom stereocenters. The summed E-state index contributed by atoms with van der Waals surface area (Å²) < 4.78 is 30.2. The Morgan fingerprint density at radius 2 is 1.42 bits per heavy atom. The molecule has 0 amide bonds. The SMILES string of the molecule is NOOSc1ccc(NC(=S)Nc2ccc(OCCOCCOCCn3cc(COc4ccc(I)cc4)nn3)cc2)cc1. The highest BCUT2D eigenvalue weighted by molar-refractivity contribution is 14.1. The lowest BCUT2D eigenvalue weighted by molar-refractivity contribution is -0.195. The second kappa shape index (κ2) is 18.6. The van der Waals surface area contributed by atoms with E-state index in [1.807, 2.05) is 79.0 Å². The Labute approximate surface area is 272 Å². The van der Waals surface area contributed by atoms with Crippen LogP contribution < -0.4 is 26.0 Å². The van der Waals surface area contributed by atoms with Crippen LogP contribution in [0.1, 0.15) is 5.69 Å². The molecular formula is C28H31IN6O6S2. The Morgan fingerprint density at radius 3 is 2.12 bits per heavy atom. The Morgan fingerprint density at radius 1 is 0.814 bits per heavy atom. The first-order valence-electron chi connectivity index (χ1n) is 13.1. The molecule has 0 aliphatic rings. The van der Waals surface area contributed by atoms with Crippen LogP contribution in [0, 0.1) is 3.57 Å². The molecule has 4 rings (SSSR count). The van der Waals surface area contributed by atoms with Crippen molar-refractivity contribution in [1.82, 2.24) is 15.0 Å². The van der Waals surface area contributed by atoms with Crippen LogP contribution in [0.5, 0.6) is 11.5 Å². The van der Waals surface area contributed by atoms with E-state index >= 15 is 0 Å². The molecule has 4 aromatic rings. The Hall–Kier alpha value is -3.03. The van der Waals surface area contributed by atoms with Crippen LogP contribution in [-0.4, -0.2) is 53.1 Å². The van der Waals surface area contributed by atoms with Crippen LogP contribution in [0.3, 0.4) is 0 Å². The fourth-order valence-electron chi connectivity index (χ4n) is 3.48. The molecule has 228 valence electrons. The van der Waals surface area contributed by atoms with Crippen molar-refractivity contribution in [1.29, 1.82) is 0 Å². The quantitative estimate of drug-likeness (QED) is 0.0308. The van der Waals surface area contributed by atoms with Crippen molar-refractivity contribution in [2.45, 2.75) is 18.0 Å². The van der Waals surface area contributed by atoms with Gasteiger partial charge in [-0.1, -0.05) is 5.21 Å². The maximum Gasteiger partial charge on any atom is 0.175 e. The number of hydrogen-bond acceptors (Lipinski definition) is 11. The number of thiocarbonyl (C=S) groups is 1. The number of ether oxygens (including phenoxy) is 4. The summed E-state index contributed by atoms with van der Waals surface area (Å²) >= 11 is 8.65. The van der Waals surface area contributed by atoms with Gasteiger partial charge in [0.25, 0.3) is 0 Å². The minimum absolute atomic E-state index is 0.365. The lowest BCUT2D eigenvalue weighted by Gasteiger charge is -2.12. The number of nitrogens with one attached hydrogen (secondary N) is 2. The van der Waals surface area contributed by atoms with Gasteiger partial charge in [0.15, 0.2) is 5.11 Å². The van der Waals surface area contributed by atoms with Gasteiger partial charge in [-0.25, -0.2) is 4.68 Å². The smallest absolute Gasteiger partial charge is 0.175 e. The van der Waals surface area contributed by atoms with Crippen LogP contribution in [0.4, 0.5) is 11.4 Å². The van der Waals surface area contributed by atoms with E-state index in [1.165, 1.54) is 0 Å². The fraction of sp³-hybridized carbons (Fsp3) is 0.250. The second-order valence-electron chi connectivity index (χ2n) is 8.66. The van der Waals surface area contributed by atoms with E-state index < -0.39 is 0 Å². The zero-order valence-corrected chi connectivity index (χ0v) is 26.8. The number of anilines is 2. The largest absolute Gasteiger partial charge is 0.491 e. The standard InChI is InChI=1S/C28H31IN6O6S2/c29-21-1-7-26(8-2-21)39-20-24-19-35(34-33-24)13-14-36-15-16-37-17-18-38-25-9-3-22(4-10-25)31-28(42)32-23-5-11-27(12-6-23)43-41-40-30/h1-12,19H,13-18,20,30H2,(H2,31,32,42). The summed E-state index contributed by atoms with van der Waals surface area (Å²) in [5.74, 6) is 6.37. The van der Waals surface area contributed by atoms with Gasteiger partial charge in [0.1, 0.15) is 30.4 Å². The van der Waals surface area contributed by atoms with E-state index in [4.69, 9.17) is 37.1 Å². The molecule has 15 heteroatoms. The molecule has 43 heavy (non-hydrogen) atoms. The Kier molecular flexibility index (Phi) is 14.2. The summed E-state index contributed by atoms with van der Waals surface area (Å²) in [4.78, 5) is 4.91. The third-order valence-electron chi connectivity index (χ3n) is 5.51. The number of halogens is 1. The van der Waals surface area contributed by atoms with Crippen LogP contribution >= 0.6 is 46.9 Å². The van der Waals surface area contributed by atoms with Crippen molar-refractivity contribution < 1.29 is 28.3 Å². The number of hydrogen-bond donors (Lipinski definition) is 3. The molecule has 12 nitrogen and oxygen atoms in total. The minimum Gasteiger partial charge on any atom is -0.491 e. The first kappa shape index (κ1) is 32.9. The molecule has 0 unspecified atom stereocenters. The molecule has 0 aliphatic heterocycles.